The third-order valence-corrected chi connectivity index (χ3v) is 4.85. The molecule has 2 aliphatic rings. The van der Waals surface area contributed by atoms with Gasteiger partial charge in [0.1, 0.15) is 0 Å². The number of hydrogen-bond acceptors (Lipinski definition) is 2. The van der Waals surface area contributed by atoms with Crippen molar-refractivity contribution >= 4 is 12.6 Å². The minimum atomic E-state index is -0.262. The minimum Gasteiger partial charge on any atom is -0.399 e. The normalized spacial score (nSPS) is 24.8. The highest BCUT2D eigenvalue weighted by atomic mass is 16.7. The zero-order valence-corrected chi connectivity index (χ0v) is 12.6. The Morgan fingerprint density at radius 3 is 2.16 bits per heavy atom. The lowest BCUT2D eigenvalue weighted by Crippen LogP contribution is -2.41. The van der Waals surface area contributed by atoms with Crippen LogP contribution in [0.2, 0.25) is 0 Å². The molecule has 3 heteroatoms. The van der Waals surface area contributed by atoms with Gasteiger partial charge in [-0.25, -0.2) is 0 Å². The third kappa shape index (κ3) is 2.13. The summed E-state index contributed by atoms with van der Waals surface area (Å²) in [6, 6.07) is 6.48. The average molecular weight is 258 g/mol. The molecular weight excluding hydrogens is 235 g/mol. The second kappa shape index (κ2) is 4.10. The van der Waals surface area contributed by atoms with E-state index in [0.717, 1.165) is 5.92 Å². The Morgan fingerprint density at radius 2 is 1.63 bits per heavy atom. The predicted octanol–water partition coefficient (Wildman–Crippen LogP) is 3.17. The number of benzene rings is 1. The Bertz CT molecular complexity index is 487. The summed E-state index contributed by atoms with van der Waals surface area (Å²) in [6.45, 7) is 10.6. The van der Waals surface area contributed by atoms with Gasteiger partial charge in [-0.05, 0) is 70.0 Å². The van der Waals surface area contributed by atoms with Crippen molar-refractivity contribution in [2.24, 2.45) is 0 Å². The van der Waals surface area contributed by atoms with Gasteiger partial charge in [0.05, 0.1) is 11.2 Å². The van der Waals surface area contributed by atoms with Crippen molar-refractivity contribution in [3.05, 3.63) is 29.3 Å². The standard InChI is InChI=1S/C16H23BO2/c1-11-7-6-8-13(14(11)12-9-10-12)17-18-15(2,3)16(4,5)19-17/h6-8,12H,9-10H2,1-5H3. The van der Waals surface area contributed by atoms with E-state index >= 15 is 0 Å². The van der Waals surface area contributed by atoms with Gasteiger partial charge in [-0.15, -0.1) is 0 Å². The van der Waals surface area contributed by atoms with Crippen LogP contribution in [0.15, 0.2) is 18.2 Å². The predicted molar refractivity (Wildman–Crippen MR) is 78.9 cm³/mol. The number of aryl methyl sites for hydroxylation is 1. The second-order valence-corrected chi connectivity index (χ2v) is 6.94. The highest BCUT2D eigenvalue weighted by molar-refractivity contribution is 6.62. The molecule has 1 saturated heterocycles. The molecule has 1 aliphatic heterocycles. The molecule has 0 bridgehead atoms. The molecule has 0 aromatic heterocycles. The maximum absolute atomic E-state index is 6.20. The van der Waals surface area contributed by atoms with E-state index in [2.05, 4.69) is 52.8 Å². The lowest BCUT2D eigenvalue weighted by molar-refractivity contribution is 0.00578. The van der Waals surface area contributed by atoms with Gasteiger partial charge < -0.3 is 9.31 Å². The zero-order chi connectivity index (χ0) is 13.8. The first-order valence-corrected chi connectivity index (χ1v) is 7.27. The maximum Gasteiger partial charge on any atom is 0.495 e. The Morgan fingerprint density at radius 1 is 1.05 bits per heavy atom. The van der Waals surface area contributed by atoms with Crippen LogP contribution in [0, 0.1) is 6.92 Å². The summed E-state index contributed by atoms with van der Waals surface area (Å²) >= 11 is 0. The van der Waals surface area contributed by atoms with Crippen LogP contribution in [0.5, 0.6) is 0 Å². The second-order valence-electron chi connectivity index (χ2n) is 6.94. The van der Waals surface area contributed by atoms with Crippen molar-refractivity contribution in [2.45, 2.75) is 64.6 Å². The van der Waals surface area contributed by atoms with Crippen molar-refractivity contribution in [3.8, 4) is 0 Å². The molecule has 0 N–H and O–H groups in total. The van der Waals surface area contributed by atoms with Gasteiger partial charge in [0.2, 0.25) is 0 Å². The molecule has 102 valence electrons. The molecule has 1 aromatic carbocycles. The monoisotopic (exact) mass is 258 g/mol. The summed E-state index contributed by atoms with van der Waals surface area (Å²) in [4.78, 5) is 0. The highest BCUT2D eigenvalue weighted by Gasteiger charge is 2.52. The smallest absolute Gasteiger partial charge is 0.399 e. The summed E-state index contributed by atoms with van der Waals surface area (Å²) in [5, 5.41) is 0. The maximum atomic E-state index is 6.20. The Balaban J connectivity index is 1.98. The fourth-order valence-electron chi connectivity index (χ4n) is 2.81. The van der Waals surface area contributed by atoms with Crippen LogP contribution in [0.4, 0.5) is 0 Å². The van der Waals surface area contributed by atoms with E-state index < -0.39 is 0 Å². The summed E-state index contributed by atoms with van der Waals surface area (Å²) in [5.74, 6) is 0.718. The Labute approximate surface area is 116 Å². The van der Waals surface area contributed by atoms with Crippen LogP contribution in [-0.4, -0.2) is 18.3 Å². The molecule has 3 rings (SSSR count). The van der Waals surface area contributed by atoms with Crippen LogP contribution in [-0.2, 0) is 9.31 Å². The van der Waals surface area contributed by atoms with Crippen molar-refractivity contribution in [1.82, 2.24) is 0 Å². The van der Waals surface area contributed by atoms with E-state index in [1.807, 2.05) is 0 Å². The molecule has 2 nitrogen and oxygen atoms in total. The van der Waals surface area contributed by atoms with E-state index in [4.69, 9.17) is 9.31 Å². The summed E-state index contributed by atoms with van der Waals surface area (Å²) < 4.78 is 12.4. The fraction of sp³-hybridized carbons (Fsp3) is 0.625. The molecule has 0 atom stereocenters. The van der Waals surface area contributed by atoms with Crippen molar-refractivity contribution in [1.29, 1.82) is 0 Å². The molecule has 19 heavy (non-hydrogen) atoms. The van der Waals surface area contributed by atoms with Crippen LogP contribution >= 0.6 is 0 Å². The van der Waals surface area contributed by atoms with Gasteiger partial charge in [0.15, 0.2) is 0 Å². The SMILES string of the molecule is Cc1cccc(B2OC(C)(C)C(C)(C)O2)c1C1CC1. The van der Waals surface area contributed by atoms with E-state index in [1.165, 1.54) is 29.4 Å². The Kier molecular flexibility index (Phi) is 2.85. The molecular formula is C16H23BO2. The lowest BCUT2D eigenvalue weighted by Gasteiger charge is -2.32. The average Bonchev–Trinajstić information content (AvgIpc) is 3.07. The van der Waals surface area contributed by atoms with Crippen molar-refractivity contribution < 1.29 is 9.31 Å². The largest absolute Gasteiger partial charge is 0.495 e. The van der Waals surface area contributed by atoms with Crippen LogP contribution < -0.4 is 5.46 Å². The molecule has 2 fully saturated rings. The van der Waals surface area contributed by atoms with Crippen LogP contribution in [0.25, 0.3) is 0 Å². The molecule has 1 heterocycles. The summed E-state index contributed by atoms with van der Waals surface area (Å²) in [5.41, 5.74) is 3.54. The highest BCUT2D eigenvalue weighted by Crippen LogP contribution is 2.42. The molecule has 0 unspecified atom stereocenters. The minimum absolute atomic E-state index is 0.222. The van der Waals surface area contributed by atoms with Gasteiger partial charge in [-0.2, -0.15) is 0 Å². The quantitative estimate of drug-likeness (QED) is 0.758. The van der Waals surface area contributed by atoms with Crippen LogP contribution in [0.1, 0.15) is 57.6 Å². The molecule has 1 saturated carbocycles. The van der Waals surface area contributed by atoms with E-state index in [0.29, 0.717) is 0 Å². The molecule has 1 aliphatic carbocycles. The summed E-state index contributed by atoms with van der Waals surface area (Å²) in [6.07, 6.45) is 2.61. The fourth-order valence-corrected chi connectivity index (χ4v) is 2.81. The molecule has 0 spiro atoms. The van der Waals surface area contributed by atoms with Crippen LogP contribution in [0.3, 0.4) is 0 Å². The summed E-state index contributed by atoms with van der Waals surface area (Å²) in [7, 11) is -0.222. The van der Waals surface area contributed by atoms with Gasteiger partial charge in [-0.3, -0.25) is 0 Å². The van der Waals surface area contributed by atoms with Crippen molar-refractivity contribution in [2.75, 3.05) is 0 Å². The van der Waals surface area contributed by atoms with Gasteiger partial charge >= 0.3 is 7.12 Å². The molecule has 1 aromatic rings. The Hall–Kier alpha value is -0.795. The van der Waals surface area contributed by atoms with Gasteiger partial charge in [-0.1, -0.05) is 18.2 Å². The van der Waals surface area contributed by atoms with E-state index in [9.17, 15) is 0 Å². The lowest BCUT2D eigenvalue weighted by atomic mass is 9.73. The molecule has 0 amide bonds. The van der Waals surface area contributed by atoms with E-state index in [-0.39, 0.29) is 18.3 Å². The van der Waals surface area contributed by atoms with Gasteiger partial charge in [0.25, 0.3) is 0 Å². The first-order valence-electron chi connectivity index (χ1n) is 7.27. The first kappa shape index (κ1) is 13.2. The first-order chi connectivity index (χ1) is 8.82. The number of hydrogen-bond donors (Lipinski definition) is 0. The van der Waals surface area contributed by atoms with Crippen molar-refractivity contribution in [3.63, 3.8) is 0 Å². The number of rotatable bonds is 2. The topological polar surface area (TPSA) is 18.5 Å². The molecule has 0 radical (unpaired) electrons. The zero-order valence-electron chi connectivity index (χ0n) is 12.6. The third-order valence-electron chi connectivity index (χ3n) is 4.85. The van der Waals surface area contributed by atoms with Gasteiger partial charge in [0, 0.05) is 0 Å². The van der Waals surface area contributed by atoms with E-state index in [1.54, 1.807) is 0 Å².